The van der Waals surface area contributed by atoms with Crippen LogP contribution in [0.3, 0.4) is 0 Å². The summed E-state index contributed by atoms with van der Waals surface area (Å²) in [7, 11) is 0. The Labute approximate surface area is 164 Å². The third kappa shape index (κ3) is 5.24. The standard InChI is InChI=1S/C19H15F3N4OS/c1-13-10-16(19(20,21)22)15(11-24)18(25-13)28-12-17(27)26(9-5-8-23)14-6-3-2-4-7-14/h2-4,6-7,10H,5,9,12H2,1H3. The number of nitrogens with zero attached hydrogens (tertiary/aromatic N) is 4. The highest BCUT2D eigenvalue weighted by molar-refractivity contribution is 8.00. The monoisotopic (exact) mass is 404 g/mol. The quantitative estimate of drug-likeness (QED) is 0.670. The van der Waals surface area contributed by atoms with Crippen molar-refractivity contribution in [1.82, 2.24) is 4.98 Å². The van der Waals surface area contributed by atoms with E-state index in [-0.39, 0.29) is 29.4 Å². The van der Waals surface area contributed by atoms with Gasteiger partial charge in [0.05, 0.1) is 29.4 Å². The molecule has 0 radical (unpaired) electrons. The number of thioether (sulfide) groups is 1. The number of aryl methyl sites for hydroxylation is 1. The Morgan fingerprint density at radius 1 is 1.25 bits per heavy atom. The van der Waals surface area contributed by atoms with E-state index in [4.69, 9.17) is 5.26 Å². The fourth-order valence-electron chi connectivity index (χ4n) is 2.46. The number of alkyl halides is 3. The van der Waals surface area contributed by atoms with Crippen LogP contribution in [0.4, 0.5) is 18.9 Å². The summed E-state index contributed by atoms with van der Waals surface area (Å²) in [5.41, 5.74) is -0.983. The number of aromatic nitrogens is 1. The fourth-order valence-corrected chi connectivity index (χ4v) is 3.38. The molecule has 2 rings (SSSR count). The summed E-state index contributed by atoms with van der Waals surface area (Å²) in [5, 5.41) is 17.9. The van der Waals surface area contributed by atoms with Crippen LogP contribution in [0.5, 0.6) is 0 Å². The average molecular weight is 404 g/mol. The molecular formula is C19H15F3N4OS. The smallest absolute Gasteiger partial charge is 0.311 e. The Kier molecular flexibility index (Phi) is 7.02. The molecule has 0 fully saturated rings. The van der Waals surface area contributed by atoms with Crippen LogP contribution in [0.25, 0.3) is 0 Å². The Hall–Kier alpha value is -3.04. The van der Waals surface area contributed by atoms with Gasteiger partial charge in [-0.25, -0.2) is 4.98 Å². The minimum absolute atomic E-state index is 0.102. The number of benzene rings is 1. The molecule has 0 aliphatic carbocycles. The van der Waals surface area contributed by atoms with Crippen LogP contribution in [0.1, 0.15) is 23.2 Å². The minimum atomic E-state index is -4.69. The molecule has 0 aliphatic rings. The number of hydrogen-bond acceptors (Lipinski definition) is 5. The Balaban J connectivity index is 2.27. The highest BCUT2D eigenvalue weighted by atomic mass is 32.2. The number of rotatable bonds is 6. The lowest BCUT2D eigenvalue weighted by atomic mass is 10.1. The first-order valence-corrected chi connectivity index (χ1v) is 9.10. The average Bonchev–Trinajstić information content (AvgIpc) is 2.66. The molecule has 1 aromatic heterocycles. The number of anilines is 1. The molecular weight excluding hydrogens is 389 g/mol. The summed E-state index contributed by atoms with van der Waals surface area (Å²) in [6.07, 6.45) is -4.59. The van der Waals surface area contributed by atoms with Gasteiger partial charge in [0.2, 0.25) is 5.91 Å². The van der Waals surface area contributed by atoms with E-state index in [0.717, 1.165) is 17.8 Å². The van der Waals surface area contributed by atoms with Gasteiger partial charge in [-0.1, -0.05) is 30.0 Å². The topological polar surface area (TPSA) is 80.8 Å². The zero-order valence-corrected chi connectivity index (χ0v) is 15.6. The summed E-state index contributed by atoms with van der Waals surface area (Å²) in [5.74, 6) is -0.616. The molecule has 0 spiro atoms. The number of nitriles is 2. The van der Waals surface area contributed by atoms with E-state index < -0.39 is 23.2 Å². The molecule has 144 valence electrons. The second kappa shape index (κ2) is 9.25. The molecule has 1 heterocycles. The van der Waals surface area contributed by atoms with Crippen molar-refractivity contribution in [1.29, 1.82) is 10.5 Å². The highest BCUT2D eigenvalue weighted by Gasteiger charge is 2.35. The van der Waals surface area contributed by atoms with E-state index in [9.17, 15) is 23.2 Å². The molecule has 1 amide bonds. The number of amides is 1. The molecule has 0 bridgehead atoms. The lowest BCUT2D eigenvalue weighted by molar-refractivity contribution is -0.138. The zero-order valence-electron chi connectivity index (χ0n) is 14.8. The molecule has 0 saturated carbocycles. The van der Waals surface area contributed by atoms with Crippen LogP contribution in [0.2, 0.25) is 0 Å². The first kappa shape index (κ1) is 21.3. The SMILES string of the molecule is Cc1cc(C(F)(F)F)c(C#N)c(SCC(=O)N(CCC#N)c2ccccc2)n1. The maximum absolute atomic E-state index is 13.2. The summed E-state index contributed by atoms with van der Waals surface area (Å²) < 4.78 is 39.6. The summed E-state index contributed by atoms with van der Waals surface area (Å²) in [6, 6.07) is 13.0. The molecule has 0 unspecified atom stereocenters. The van der Waals surface area contributed by atoms with Crippen LogP contribution in [-0.2, 0) is 11.0 Å². The largest absolute Gasteiger partial charge is 0.417 e. The van der Waals surface area contributed by atoms with Crippen molar-refractivity contribution in [3.05, 3.63) is 53.2 Å². The molecule has 9 heteroatoms. The van der Waals surface area contributed by atoms with Gasteiger partial charge < -0.3 is 4.90 Å². The van der Waals surface area contributed by atoms with E-state index in [1.807, 2.05) is 6.07 Å². The van der Waals surface area contributed by atoms with Gasteiger partial charge >= 0.3 is 6.18 Å². The van der Waals surface area contributed by atoms with Crippen LogP contribution < -0.4 is 4.90 Å². The van der Waals surface area contributed by atoms with E-state index in [0.29, 0.717) is 5.69 Å². The van der Waals surface area contributed by atoms with Gasteiger partial charge in [0, 0.05) is 17.9 Å². The third-order valence-electron chi connectivity index (χ3n) is 3.68. The van der Waals surface area contributed by atoms with Crippen molar-refractivity contribution in [3.8, 4) is 12.1 Å². The van der Waals surface area contributed by atoms with Crippen LogP contribution in [0, 0.1) is 29.6 Å². The molecule has 0 saturated heterocycles. The number of carbonyl (C=O) groups is 1. The predicted molar refractivity (Wildman–Crippen MR) is 98.4 cm³/mol. The van der Waals surface area contributed by atoms with E-state index >= 15 is 0 Å². The first-order valence-electron chi connectivity index (χ1n) is 8.12. The molecule has 1 aromatic carbocycles. The van der Waals surface area contributed by atoms with Crippen LogP contribution >= 0.6 is 11.8 Å². The van der Waals surface area contributed by atoms with Gasteiger partial charge in [0.15, 0.2) is 0 Å². The van der Waals surface area contributed by atoms with E-state index in [1.165, 1.54) is 11.8 Å². The van der Waals surface area contributed by atoms with Crippen molar-refractivity contribution in [3.63, 3.8) is 0 Å². The summed E-state index contributed by atoms with van der Waals surface area (Å²) in [6.45, 7) is 1.55. The van der Waals surface area contributed by atoms with Crippen molar-refractivity contribution in [2.45, 2.75) is 24.5 Å². The van der Waals surface area contributed by atoms with E-state index in [2.05, 4.69) is 4.98 Å². The second-order valence-corrected chi connectivity index (χ2v) is 6.64. The Morgan fingerprint density at radius 2 is 1.93 bits per heavy atom. The van der Waals surface area contributed by atoms with Crippen molar-refractivity contribution in [2.24, 2.45) is 0 Å². The predicted octanol–water partition coefficient (Wildman–Crippen LogP) is 4.32. The third-order valence-corrected chi connectivity index (χ3v) is 4.64. The van der Waals surface area contributed by atoms with E-state index in [1.54, 1.807) is 36.4 Å². The van der Waals surface area contributed by atoms with Crippen molar-refractivity contribution < 1.29 is 18.0 Å². The van der Waals surface area contributed by atoms with Gasteiger partial charge in [-0.2, -0.15) is 23.7 Å². The summed E-state index contributed by atoms with van der Waals surface area (Å²) in [4.78, 5) is 18.0. The van der Waals surface area contributed by atoms with Gasteiger partial charge in [0.25, 0.3) is 0 Å². The van der Waals surface area contributed by atoms with Crippen molar-refractivity contribution >= 4 is 23.4 Å². The summed E-state index contributed by atoms with van der Waals surface area (Å²) >= 11 is 0.773. The van der Waals surface area contributed by atoms with Gasteiger partial charge in [-0.05, 0) is 25.1 Å². The Bertz CT molecular complexity index is 933. The van der Waals surface area contributed by atoms with Crippen LogP contribution in [0.15, 0.2) is 41.4 Å². The number of para-hydroxylation sites is 1. The second-order valence-electron chi connectivity index (χ2n) is 5.68. The lowest BCUT2D eigenvalue weighted by Gasteiger charge is -2.21. The number of pyridine rings is 1. The molecule has 0 aliphatic heterocycles. The Morgan fingerprint density at radius 3 is 2.50 bits per heavy atom. The molecule has 28 heavy (non-hydrogen) atoms. The van der Waals surface area contributed by atoms with Gasteiger partial charge in [-0.15, -0.1) is 0 Å². The lowest BCUT2D eigenvalue weighted by Crippen LogP contribution is -2.33. The molecule has 2 aromatic rings. The molecule has 5 nitrogen and oxygen atoms in total. The van der Waals surface area contributed by atoms with Gasteiger partial charge in [0.1, 0.15) is 11.1 Å². The van der Waals surface area contributed by atoms with Crippen molar-refractivity contribution in [2.75, 3.05) is 17.2 Å². The van der Waals surface area contributed by atoms with Gasteiger partial charge in [-0.3, -0.25) is 4.79 Å². The molecule has 0 atom stereocenters. The maximum atomic E-state index is 13.2. The highest BCUT2D eigenvalue weighted by Crippen LogP contribution is 2.36. The number of halogens is 3. The number of carbonyl (C=O) groups excluding carboxylic acids is 1. The normalized spacial score (nSPS) is 10.8. The molecule has 0 N–H and O–H groups in total. The zero-order chi connectivity index (χ0) is 20.7. The first-order chi connectivity index (χ1) is 13.3. The fraction of sp³-hybridized carbons (Fsp3) is 0.263. The maximum Gasteiger partial charge on any atom is 0.417 e. The minimum Gasteiger partial charge on any atom is -0.311 e. The number of hydrogen-bond donors (Lipinski definition) is 0. The van der Waals surface area contributed by atoms with Crippen LogP contribution in [-0.4, -0.2) is 23.2 Å².